The Morgan fingerprint density at radius 1 is 1.62 bits per heavy atom. The molecule has 2 rings (SSSR count). The largest absolute Gasteiger partial charge is 0.392 e. The number of rotatable bonds is 3. The van der Waals surface area contributed by atoms with Crippen molar-refractivity contribution in [1.29, 1.82) is 0 Å². The zero-order valence-corrected chi connectivity index (χ0v) is 9.69. The molecule has 0 aliphatic carbocycles. The van der Waals surface area contributed by atoms with Crippen molar-refractivity contribution in [3.8, 4) is 0 Å². The molecule has 2 saturated heterocycles. The fourth-order valence-corrected chi connectivity index (χ4v) is 2.53. The molecule has 0 spiro atoms. The Labute approximate surface area is 95.8 Å². The Morgan fingerprint density at radius 3 is 3.06 bits per heavy atom. The summed E-state index contributed by atoms with van der Waals surface area (Å²) in [6.07, 6.45) is 1.20. The van der Waals surface area contributed by atoms with Crippen LogP contribution in [0.3, 0.4) is 0 Å². The molecule has 3 unspecified atom stereocenters. The molecule has 2 aliphatic heterocycles. The summed E-state index contributed by atoms with van der Waals surface area (Å²) >= 11 is 0. The number of aliphatic hydroxyl groups is 1. The van der Waals surface area contributed by atoms with E-state index in [2.05, 4.69) is 5.32 Å². The number of aliphatic hydroxyl groups excluding tert-OH is 1. The van der Waals surface area contributed by atoms with Crippen LogP contribution in [-0.4, -0.2) is 61.4 Å². The van der Waals surface area contributed by atoms with Crippen LogP contribution in [0.4, 0.5) is 0 Å². The van der Waals surface area contributed by atoms with E-state index < -0.39 is 0 Å². The van der Waals surface area contributed by atoms with Gasteiger partial charge in [0.2, 0.25) is 5.91 Å². The first kappa shape index (κ1) is 11.8. The van der Waals surface area contributed by atoms with E-state index in [1.54, 1.807) is 7.11 Å². The molecule has 92 valence electrons. The molecular weight excluding hydrogens is 208 g/mol. The number of nitrogens with zero attached hydrogens (tertiary/aromatic N) is 1. The van der Waals surface area contributed by atoms with E-state index in [1.807, 2.05) is 4.90 Å². The number of ether oxygens (including phenoxy) is 1. The van der Waals surface area contributed by atoms with Crippen molar-refractivity contribution in [2.75, 3.05) is 33.4 Å². The fraction of sp³-hybridized carbons (Fsp3) is 0.909. The Balaban J connectivity index is 1.82. The monoisotopic (exact) mass is 228 g/mol. The molecule has 2 fully saturated rings. The molecular formula is C11H20N2O3. The second-order valence-electron chi connectivity index (χ2n) is 4.74. The van der Waals surface area contributed by atoms with E-state index in [-0.39, 0.29) is 18.1 Å². The molecule has 0 aromatic heterocycles. The smallest absolute Gasteiger partial charge is 0.239 e. The predicted octanol–water partition coefficient (Wildman–Crippen LogP) is -0.796. The van der Waals surface area contributed by atoms with Crippen molar-refractivity contribution >= 4 is 5.91 Å². The molecule has 5 nitrogen and oxygen atoms in total. The fourth-order valence-electron chi connectivity index (χ4n) is 2.53. The Morgan fingerprint density at radius 2 is 2.44 bits per heavy atom. The van der Waals surface area contributed by atoms with Gasteiger partial charge in [-0.25, -0.2) is 0 Å². The van der Waals surface area contributed by atoms with Crippen molar-refractivity contribution in [3.63, 3.8) is 0 Å². The van der Waals surface area contributed by atoms with Gasteiger partial charge in [0.05, 0.1) is 18.8 Å². The van der Waals surface area contributed by atoms with Gasteiger partial charge in [-0.2, -0.15) is 0 Å². The highest BCUT2D eigenvalue weighted by atomic mass is 16.5. The van der Waals surface area contributed by atoms with Crippen LogP contribution in [0.2, 0.25) is 0 Å². The van der Waals surface area contributed by atoms with E-state index in [4.69, 9.17) is 4.74 Å². The minimum Gasteiger partial charge on any atom is -0.392 e. The molecule has 0 saturated carbocycles. The van der Waals surface area contributed by atoms with Crippen LogP contribution in [-0.2, 0) is 9.53 Å². The van der Waals surface area contributed by atoms with Crippen LogP contribution >= 0.6 is 0 Å². The highest BCUT2D eigenvalue weighted by molar-refractivity contribution is 5.82. The Hall–Kier alpha value is -0.650. The summed E-state index contributed by atoms with van der Waals surface area (Å²) in [4.78, 5) is 13.9. The highest BCUT2D eigenvalue weighted by Gasteiger charge is 2.34. The summed E-state index contributed by atoms with van der Waals surface area (Å²) in [5.41, 5.74) is 0. The van der Waals surface area contributed by atoms with E-state index >= 15 is 0 Å². The molecule has 2 aliphatic rings. The Bertz CT molecular complexity index is 260. The third-order valence-electron chi connectivity index (χ3n) is 3.41. The first-order valence-electron chi connectivity index (χ1n) is 5.90. The zero-order chi connectivity index (χ0) is 11.5. The first-order valence-corrected chi connectivity index (χ1v) is 5.90. The maximum atomic E-state index is 12.1. The van der Waals surface area contributed by atoms with Gasteiger partial charge in [-0.05, 0) is 12.8 Å². The number of hydrogen-bond acceptors (Lipinski definition) is 4. The van der Waals surface area contributed by atoms with Gasteiger partial charge in [0.25, 0.3) is 0 Å². The van der Waals surface area contributed by atoms with Crippen LogP contribution < -0.4 is 5.32 Å². The minimum absolute atomic E-state index is 0.134. The van der Waals surface area contributed by atoms with Crippen molar-refractivity contribution in [1.82, 2.24) is 10.2 Å². The number of nitrogens with one attached hydrogen (secondary N) is 1. The summed E-state index contributed by atoms with van der Waals surface area (Å²) < 4.78 is 5.10. The quantitative estimate of drug-likeness (QED) is 0.664. The lowest BCUT2D eigenvalue weighted by molar-refractivity contribution is -0.132. The van der Waals surface area contributed by atoms with Gasteiger partial charge in [0.15, 0.2) is 0 Å². The van der Waals surface area contributed by atoms with Gasteiger partial charge in [0, 0.05) is 32.7 Å². The highest BCUT2D eigenvalue weighted by Crippen LogP contribution is 2.19. The standard InChI is InChI=1S/C11H20N2O3/c1-16-7-8-2-3-13(6-8)11(15)10-4-9(14)5-12-10/h8-10,12,14H,2-7H2,1H3. The zero-order valence-electron chi connectivity index (χ0n) is 9.69. The van der Waals surface area contributed by atoms with E-state index in [0.717, 1.165) is 26.1 Å². The molecule has 0 radical (unpaired) electrons. The molecule has 0 bridgehead atoms. The van der Waals surface area contributed by atoms with Crippen LogP contribution in [0.15, 0.2) is 0 Å². The number of likely N-dealkylation sites (tertiary alicyclic amines) is 1. The second-order valence-corrected chi connectivity index (χ2v) is 4.74. The maximum absolute atomic E-state index is 12.1. The van der Waals surface area contributed by atoms with Crippen molar-refractivity contribution in [3.05, 3.63) is 0 Å². The molecule has 5 heteroatoms. The molecule has 0 aromatic rings. The van der Waals surface area contributed by atoms with Gasteiger partial charge in [0.1, 0.15) is 0 Å². The number of β-amino-alcohol motifs (C(OH)–C–C–N with tert-alkyl or cyclic N) is 1. The number of methoxy groups -OCH3 is 1. The normalized spacial score (nSPS) is 34.6. The Kier molecular flexibility index (Phi) is 3.78. The summed E-state index contributed by atoms with van der Waals surface area (Å²) in [7, 11) is 1.69. The average Bonchev–Trinajstić information content (AvgIpc) is 2.87. The summed E-state index contributed by atoms with van der Waals surface area (Å²) in [5, 5.41) is 12.4. The van der Waals surface area contributed by atoms with Crippen LogP contribution in [0.1, 0.15) is 12.8 Å². The van der Waals surface area contributed by atoms with Crippen LogP contribution in [0.25, 0.3) is 0 Å². The predicted molar refractivity (Wildman–Crippen MR) is 59.0 cm³/mol. The number of amides is 1. The van der Waals surface area contributed by atoms with Gasteiger partial charge < -0.3 is 20.1 Å². The average molecular weight is 228 g/mol. The molecule has 2 heterocycles. The molecule has 3 atom stereocenters. The third kappa shape index (κ3) is 2.53. The van der Waals surface area contributed by atoms with E-state index in [9.17, 15) is 9.90 Å². The maximum Gasteiger partial charge on any atom is 0.239 e. The topological polar surface area (TPSA) is 61.8 Å². The number of hydrogen-bond donors (Lipinski definition) is 2. The SMILES string of the molecule is COCC1CCN(C(=O)C2CC(O)CN2)C1. The molecule has 1 amide bonds. The van der Waals surface area contributed by atoms with Crippen molar-refractivity contribution < 1.29 is 14.6 Å². The van der Waals surface area contributed by atoms with Gasteiger partial charge in [-0.1, -0.05) is 0 Å². The van der Waals surface area contributed by atoms with Crippen molar-refractivity contribution in [2.45, 2.75) is 25.0 Å². The number of carbonyl (C=O) groups excluding carboxylic acids is 1. The minimum atomic E-state index is -0.369. The summed E-state index contributed by atoms with van der Waals surface area (Å²) in [6, 6.07) is -0.184. The van der Waals surface area contributed by atoms with Crippen LogP contribution in [0, 0.1) is 5.92 Å². The van der Waals surface area contributed by atoms with E-state index in [1.165, 1.54) is 0 Å². The molecule has 2 N–H and O–H groups in total. The lowest BCUT2D eigenvalue weighted by atomic mass is 10.1. The van der Waals surface area contributed by atoms with E-state index in [0.29, 0.717) is 18.9 Å². The van der Waals surface area contributed by atoms with Gasteiger partial charge in [-0.15, -0.1) is 0 Å². The van der Waals surface area contributed by atoms with Gasteiger partial charge >= 0.3 is 0 Å². The first-order chi connectivity index (χ1) is 7.70. The molecule has 0 aromatic carbocycles. The second kappa shape index (κ2) is 5.12. The summed E-state index contributed by atoms with van der Waals surface area (Å²) in [6.45, 7) is 2.87. The lowest BCUT2D eigenvalue weighted by Gasteiger charge is -2.20. The molecule has 16 heavy (non-hydrogen) atoms. The lowest BCUT2D eigenvalue weighted by Crippen LogP contribution is -2.42. The number of carbonyl (C=O) groups is 1. The summed E-state index contributed by atoms with van der Waals surface area (Å²) in [5.74, 6) is 0.607. The third-order valence-corrected chi connectivity index (χ3v) is 3.41. The van der Waals surface area contributed by atoms with Crippen LogP contribution in [0.5, 0.6) is 0 Å². The van der Waals surface area contributed by atoms with Crippen molar-refractivity contribution in [2.24, 2.45) is 5.92 Å². The van der Waals surface area contributed by atoms with Gasteiger partial charge in [-0.3, -0.25) is 4.79 Å².